The van der Waals surface area contributed by atoms with Crippen LogP contribution in [-0.2, 0) is 16.0 Å². The number of esters is 1. The Balaban J connectivity index is 2.11. The van der Waals surface area contributed by atoms with Crippen LogP contribution < -0.4 is 10.2 Å². The van der Waals surface area contributed by atoms with Crippen molar-refractivity contribution in [2.75, 3.05) is 24.4 Å². The number of hydrogen-bond donors (Lipinski definition) is 2. The quantitative estimate of drug-likeness (QED) is 0.637. The van der Waals surface area contributed by atoms with E-state index in [1.807, 2.05) is 44.9 Å². The predicted molar refractivity (Wildman–Crippen MR) is 103 cm³/mol. The minimum atomic E-state index is -0.368. The van der Waals surface area contributed by atoms with Crippen LogP contribution in [0.4, 0.5) is 17.6 Å². The molecule has 0 saturated carbocycles. The molecule has 0 aliphatic heterocycles. The first kappa shape index (κ1) is 18.6. The molecule has 0 amide bonds. The zero-order valence-corrected chi connectivity index (χ0v) is 16.1. The van der Waals surface area contributed by atoms with Crippen molar-refractivity contribution in [3.05, 3.63) is 29.6 Å². The Morgan fingerprint density at radius 3 is 2.78 bits per heavy atom. The van der Waals surface area contributed by atoms with Gasteiger partial charge in [-0.05, 0) is 38.5 Å². The molecule has 9 nitrogen and oxygen atoms in total. The van der Waals surface area contributed by atoms with Crippen LogP contribution in [0.3, 0.4) is 0 Å². The zero-order chi connectivity index (χ0) is 19.6. The second-order valence-corrected chi connectivity index (χ2v) is 6.57. The average molecular weight is 369 g/mol. The van der Waals surface area contributed by atoms with Crippen LogP contribution in [0, 0.1) is 6.92 Å². The third kappa shape index (κ3) is 3.97. The third-order valence-electron chi connectivity index (χ3n) is 4.26. The Bertz CT molecular complexity index is 967. The van der Waals surface area contributed by atoms with E-state index >= 15 is 0 Å². The summed E-state index contributed by atoms with van der Waals surface area (Å²) in [6.07, 6.45) is 1.78. The van der Waals surface area contributed by atoms with E-state index in [9.17, 15) is 4.79 Å². The Morgan fingerprint density at radius 2 is 2.11 bits per heavy atom. The van der Waals surface area contributed by atoms with Crippen molar-refractivity contribution in [3.63, 3.8) is 0 Å². The number of aromatic nitrogens is 5. The molecule has 3 rings (SSSR count). The lowest BCUT2D eigenvalue weighted by atomic mass is 10.2. The van der Waals surface area contributed by atoms with Crippen LogP contribution in [0.5, 0.6) is 0 Å². The van der Waals surface area contributed by atoms with Gasteiger partial charge in [-0.25, -0.2) is 9.97 Å². The van der Waals surface area contributed by atoms with E-state index in [-0.39, 0.29) is 18.4 Å². The number of ether oxygens (including phenoxy) is 1. The second-order valence-electron chi connectivity index (χ2n) is 6.57. The second kappa shape index (κ2) is 7.56. The van der Waals surface area contributed by atoms with Gasteiger partial charge in [0, 0.05) is 19.3 Å². The van der Waals surface area contributed by atoms with Gasteiger partial charge in [0.25, 0.3) is 0 Å². The molecule has 3 aromatic heterocycles. The summed E-state index contributed by atoms with van der Waals surface area (Å²) in [4.78, 5) is 27.2. The van der Waals surface area contributed by atoms with Crippen molar-refractivity contribution >= 4 is 34.6 Å². The number of carbonyl (C=O) groups excluding carboxylic acids is 1. The molecule has 0 aliphatic rings. The molecule has 0 aromatic carbocycles. The molecular formula is C18H23N7O2. The lowest BCUT2D eigenvalue weighted by Gasteiger charge is -2.22. The molecule has 0 unspecified atom stereocenters. The minimum absolute atomic E-state index is 0.0526. The van der Waals surface area contributed by atoms with Crippen molar-refractivity contribution < 1.29 is 9.53 Å². The summed E-state index contributed by atoms with van der Waals surface area (Å²) in [5.74, 6) is 1.34. The first-order chi connectivity index (χ1) is 12.9. The highest BCUT2D eigenvalue weighted by Gasteiger charge is 2.20. The Labute approximate surface area is 157 Å². The van der Waals surface area contributed by atoms with E-state index in [1.54, 1.807) is 6.20 Å². The molecule has 0 saturated heterocycles. The number of nitrogens with one attached hydrogen (secondary N) is 2. The van der Waals surface area contributed by atoms with Crippen LogP contribution in [0.2, 0.25) is 0 Å². The van der Waals surface area contributed by atoms with Crippen LogP contribution in [0.1, 0.15) is 25.1 Å². The fourth-order valence-electron chi connectivity index (χ4n) is 2.48. The van der Waals surface area contributed by atoms with E-state index in [2.05, 4.69) is 30.5 Å². The molecule has 0 aliphatic carbocycles. The molecule has 9 heteroatoms. The topological polar surface area (TPSA) is 109 Å². The molecule has 142 valence electrons. The van der Waals surface area contributed by atoms with Gasteiger partial charge in [-0.3, -0.25) is 9.89 Å². The minimum Gasteiger partial charge on any atom is -0.469 e. The number of pyridine rings is 1. The maximum atomic E-state index is 11.7. The largest absolute Gasteiger partial charge is 0.469 e. The number of aryl methyl sites for hydroxylation is 1. The molecule has 0 bridgehead atoms. The third-order valence-corrected chi connectivity index (χ3v) is 4.26. The van der Waals surface area contributed by atoms with Gasteiger partial charge in [0.2, 0.25) is 5.95 Å². The fourth-order valence-corrected chi connectivity index (χ4v) is 2.48. The molecule has 27 heavy (non-hydrogen) atoms. The standard InChI is InChI=1S/C18H23N7O2/c1-10(2)25(4)18-21-15-12(9-14(26)27-5)23-24-16(15)17(22-18)20-13-8-11(3)6-7-19-13/h6-8,10H,9H2,1-5H3,(H,23,24)(H,19,20,21,22). The molecule has 3 heterocycles. The lowest BCUT2D eigenvalue weighted by molar-refractivity contribution is -0.139. The molecule has 0 atom stereocenters. The van der Waals surface area contributed by atoms with Gasteiger partial charge in [-0.15, -0.1) is 0 Å². The zero-order valence-electron chi connectivity index (χ0n) is 16.1. The maximum absolute atomic E-state index is 11.7. The monoisotopic (exact) mass is 369 g/mol. The SMILES string of the molecule is COC(=O)Cc1[nH]nc2c(Nc3cc(C)ccn3)nc(N(C)C(C)C)nc12. The highest BCUT2D eigenvalue weighted by molar-refractivity contribution is 5.91. The lowest BCUT2D eigenvalue weighted by Crippen LogP contribution is -2.27. The first-order valence-corrected chi connectivity index (χ1v) is 8.63. The van der Waals surface area contributed by atoms with Gasteiger partial charge in [0.15, 0.2) is 11.3 Å². The predicted octanol–water partition coefficient (Wildman–Crippen LogP) is 2.36. The average Bonchev–Trinajstić information content (AvgIpc) is 3.04. The number of fused-ring (bicyclic) bond motifs is 1. The van der Waals surface area contributed by atoms with Crippen LogP contribution in [0.25, 0.3) is 11.0 Å². The summed E-state index contributed by atoms with van der Waals surface area (Å²) in [5, 5.41) is 10.4. The van der Waals surface area contributed by atoms with Gasteiger partial charge >= 0.3 is 5.97 Å². The van der Waals surface area contributed by atoms with E-state index in [1.165, 1.54) is 7.11 Å². The number of hydrogen-bond acceptors (Lipinski definition) is 8. The van der Waals surface area contributed by atoms with Crippen LogP contribution >= 0.6 is 0 Å². The van der Waals surface area contributed by atoms with Gasteiger partial charge in [-0.2, -0.15) is 10.1 Å². The van der Waals surface area contributed by atoms with Gasteiger partial charge < -0.3 is 15.0 Å². The Hall–Kier alpha value is -3.23. The number of nitrogens with zero attached hydrogens (tertiary/aromatic N) is 5. The molecule has 2 N–H and O–H groups in total. The molecule has 0 radical (unpaired) electrons. The number of H-pyrrole nitrogens is 1. The highest BCUT2D eigenvalue weighted by atomic mass is 16.5. The smallest absolute Gasteiger partial charge is 0.311 e. The molecular weight excluding hydrogens is 346 g/mol. The van der Waals surface area contributed by atoms with E-state index in [4.69, 9.17) is 4.74 Å². The Morgan fingerprint density at radius 1 is 1.33 bits per heavy atom. The van der Waals surface area contributed by atoms with E-state index < -0.39 is 0 Å². The highest BCUT2D eigenvalue weighted by Crippen LogP contribution is 2.27. The van der Waals surface area contributed by atoms with Crippen molar-refractivity contribution in [1.29, 1.82) is 0 Å². The van der Waals surface area contributed by atoms with Crippen LogP contribution in [0.15, 0.2) is 18.3 Å². The number of methoxy groups -OCH3 is 1. The summed E-state index contributed by atoms with van der Waals surface area (Å²) in [5.41, 5.74) is 2.77. The molecule has 0 fully saturated rings. The van der Waals surface area contributed by atoms with Gasteiger partial charge in [-0.1, -0.05) is 0 Å². The van der Waals surface area contributed by atoms with Gasteiger partial charge in [0.1, 0.15) is 11.3 Å². The number of carbonyl (C=O) groups is 1. The first-order valence-electron chi connectivity index (χ1n) is 8.63. The summed E-state index contributed by atoms with van der Waals surface area (Å²) in [6, 6.07) is 4.03. The van der Waals surface area contributed by atoms with Crippen molar-refractivity contribution in [2.45, 2.75) is 33.2 Å². The summed E-state index contributed by atoms with van der Waals surface area (Å²) < 4.78 is 4.76. The van der Waals surface area contributed by atoms with Crippen molar-refractivity contribution in [1.82, 2.24) is 25.1 Å². The number of anilines is 3. The fraction of sp³-hybridized carbons (Fsp3) is 0.389. The summed E-state index contributed by atoms with van der Waals surface area (Å²) in [6.45, 7) is 6.09. The Kier molecular flexibility index (Phi) is 5.20. The number of aromatic amines is 1. The molecule has 0 spiro atoms. The summed E-state index contributed by atoms with van der Waals surface area (Å²) in [7, 11) is 3.27. The van der Waals surface area contributed by atoms with Crippen molar-refractivity contribution in [3.8, 4) is 0 Å². The van der Waals surface area contributed by atoms with Crippen LogP contribution in [-0.4, -0.2) is 51.3 Å². The number of rotatable bonds is 6. The summed E-state index contributed by atoms with van der Waals surface area (Å²) >= 11 is 0. The van der Waals surface area contributed by atoms with E-state index in [0.29, 0.717) is 34.3 Å². The molecule has 3 aromatic rings. The maximum Gasteiger partial charge on any atom is 0.311 e. The van der Waals surface area contributed by atoms with Crippen molar-refractivity contribution in [2.24, 2.45) is 0 Å². The normalized spacial score (nSPS) is 11.0. The van der Waals surface area contributed by atoms with E-state index in [0.717, 1.165) is 5.56 Å². The van der Waals surface area contributed by atoms with Gasteiger partial charge in [0.05, 0.1) is 19.2 Å².